The predicted molar refractivity (Wildman–Crippen MR) is 80.6 cm³/mol. The van der Waals surface area contributed by atoms with Gasteiger partial charge in [-0.2, -0.15) is 0 Å². The normalized spacial score (nSPS) is 11.3. The van der Waals surface area contributed by atoms with Gasteiger partial charge in [0.15, 0.2) is 0 Å². The Morgan fingerprint density at radius 3 is 1.76 bits per heavy atom. The minimum Gasteiger partial charge on any atom is -0.103 e. The van der Waals surface area contributed by atoms with Crippen molar-refractivity contribution in [3.8, 4) is 0 Å². The van der Waals surface area contributed by atoms with Crippen LogP contribution in [-0.4, -0.2) is 0 Å². The molecule has 1 rings (SSSR count). The molecule has 0 amide bonds. The molecule has 1 aromatic carbocycles. The molecule has 0 aliphatic heterocycles. The van der Waals surface area contributed by atoms with Gasteiger partial charge in [0.2, 0.25) is 0 Å². The second-order valence-electron chi connectivity index (χ2n) is 5.34. The van der Waals surface area contributed by atoms with E-state index < -0.39 is 0 Å². The summed E-state index contributed by atoms with van der Waals surface area (Å²) in [6.07, 6.45) is 5.69. The number of hydrogen-bond donors (Lipinski definition) is 0. The van der Waals surface area contributed by atoms with Crippen LogP contribution < -0.4 is 0 Å². The zero-order valence-corrected chi connectivity index (χ0v) is 12.6. The Morgan fingerprint density at radius 2 is 1.47 bits per heavy atom. The lowest BCUT2D eigenvalue weighted by molar-refractivity contribution is 0.588. The van der Waals surface area contributed by atoms with E-state index in [1.54, 1.807) is 0 Å². The number of benzene rings is 1. The quantitative estimate of drug-likeness (QED) is 0.669. The van der Waals surface area contributed by atoms with Crippen LogP contribution in [0, 0.1) is 0 Å². The first-order valence-corrected chi connectivity index (χ1v) is 6.73. The van der Waals surface area contributed by atoms with Crippen LogP contribution in [0.15, 0.2) is 41.9 Å². The Hall–Kier alpha value is -0.820. The third kappa shape index (κ3) is 3.57. The molecule has 0 spiro atoms. The Kier molecular flexibility index (Phi) is 4.76. The van der Waals surface area contributed by atoms with Crippen LogP contribution in [-0.2, 0) is 18.3 Å². The highest BCUT2D eigenvalue weighted by Gasteiger charge is 2.17. The highest BCUT2D eigenvalue weighted by Crippen LogP contribution is 2.31. The van der Waals surface area contributed by atoms with Crippen LogP contribution in [0.5, 0.6) is 0 Å². The average molecular weight is 293 g/mol. The molecule has 0 heterocycles. The van der Waals surface area contributed by atoms with Crippen LogP contribution in [0.3, 0.4) is 0 Å². The van der Waals surface area contributed by atoms with Crippen molar-refractivity contribution in [1.29, 1.82) is 0 Å². The summed E-state index contributed by atoms with van der Waals surface area (Å²) in [6.45, 7) is 14.4. The Bertz CT molecular complexity index is 391. The van der Waals surface area contributed by atoms with Gasteiger partial charge in [-0.05, 0) is 34.9 Å². The minimum absolute atomic E-state index is 0.173. The van der Waals surface area contributed by atoms with Crippen LogP contribution in [0.2, 0.25) is 0 Å². The molecule has 0 fully saturated rings. The van der Waals surface area contributed by atoms with E-state index in [1.807, 2.05) is 12.2 Å². The van der Waals surface area contributed by atoms with E-state index in [4.69, 9.17) is 0 Å². The van der Waals surface area contributed by atoms with Crippen molar-refractivity contribution < 1.29 is 0 Å². The maximum Gasteiger partial charge on any atom is 0.0245 e. The smallest absolute Gasteiger partial charge is 0.0245 e. The molecule has 92 valence electrons. The molecular weight excluding hydrogens is 272 g/mol. The maximum atomic E-state index is 3.82. The van der Waals surface area contributed by atoms with Gasteiger partial charge in [0.05, 0.1) is 0 Å². The van der Waals surface area contributed by atoms with Gasteiger partial charge in [-0.3, -0.25) is 0 Å². The van der Waals surface area contributed by atoms with Gasteiger partial charge in [-0.25, -0.2) is 0 Å². The fourth-order valence-electron chi connectivity index (χ4n) is 1.79. The molecular formula is C16H21Br. The summed E-state index contributed by atoms with van der Waals surface area (Å²) in [5.41, 5.74) is 4.16. The fourth-order valence-corrected chi connectivity index (χ4v) is 2.34. The van der Waals surface area contributed by atoms with Crippen molar-refractivity contribution in [1.82, 2.24) is 0 Å². The molecule has 0 aliphatic carbocycles. The van der Waals surface area contributed by atoms with Crippen molar-refractivity contribution in [2.24, 2.45) is 0 Å². The maximum absolute atomic E-state index is 3.82. The topological polar surface area (TPSA) is 0 Å². The van der Waals surface area contributed by atoms with Gasteiger partial charge < -0.3 is 0 Å². The molecule has 1 heteroatoms. The summed E-state index contributed by atoms with van der Waals surface area (Å²) < 4.78 is 1.20. The first kappa shape index (κ1) is 14.2. The standard InChI is InChI=1S/C16H21Br/c1-6-8-12-10-14(16(3,4)5)11-13(9-7-2)15(12)17/h6-7,10-11H,1-2,8-9H2,3-5H3. The summed E-state index contributed by atoms with van der Waals surface area (Å²) >= 11 is 3.69. The van der Waals surface area contributed by atoms with Crippen molar-refractivity contribution in [2.45, 2.75) is 39.0 Å². The van der Waals surface area contributed by atoms with E-state index >= 15 is 0 Å². The minimum atomic E-state index is 0.173. The monoisotopic (exact) mass is 292 g/mol. The largest absolute Gasteiger partial charge is 0.103 e. The molecule has 0 saturated heterocycles. The summed E-state index contributed by atoms with van der Waals surface area (Å²) in [6, 6.07) is 4.55. The van der Waals surface area contributed by atoms with E-state index in [2.05, 4.69) is 62.0 Å². The molecule has 0 nitrogen and oxygen atoms in total. The Morgan fingerprint density at radius 1 is 1.06 bits per heavy atom. The summed E-state index contributed by atoms with van der Waals surface area (Å²) in [5, 5.41) is 0. The van der Waals surface area contributed by atoms with E-state index in [-0.39, 0.29) is 5.41 Å². The second kappa shape index (κ2) is 5.68. The molecule has 0 radical (unpaired) electrons. The Labute approximate surface area is 114 Å². The van der Waals surface area contributed by atoms with Crippen LogP contribution in [0.25, 0.3) is 0 Å². The molecule has 1 aromatic rings. The SMILES string of the molecule is C=CCc1cc(C(C)(C)C)cc(CC=C)c1Br. The highest BCUT2D eigenvalue weighted by molar-refractivity contribution is 9.10. The third-order valence-corrected chi connectivity index (χ3v) is 3.84. The molecule has 0 N–H and O–H groups in total. The lowest BCUT2D eigenvalue weighted by atomic mass is 9.84. The van der Waals surface area contributed by atoms with Crippen molar-refractivity contribution >= 4 is 15.9 Å². The predicted octanol–water partition coefficient (Wildman–Crippen LogP) is 5.20. The lowest BCUT2D eigenvalue weighted by Crippen LogP contribution is -2.12. The van der Waals surface area contributed by atoms with E-state index in [1.165, 1.54) is 21.2 Å². The van der Waals surface area contributed by atoms with Gasteiger partial charge in [-0.15, -0.1) is 13.2 Å². The van der Waals surface area contributed by atoms with Crippen LogP contribution in [0.1, 0.15) is 37.5 Å². The molecule has 17 heavy (non-hydrogen) atoms. The van der Waals surface area contributed by atoms with Gasteiger partial charge >= 0.3 is 0 Å². The summed E-state index contributed by atoms with van der Waals surface area (Å²) in [5.74, 6) is 0. The van der Waals surface area contributed by atoms with Gasteiger partial charge in [-0.1, -0.05) is 61.0 Å². The molecule has 0 aliphatic rings. The zero-order valence-electron chi connectivity index (χ0n) is 11.0. The van der Waals surface area contributed by atoms with Crippen molar-refractivity contribution in [2.75, 3.05) is 0 Å². The van der Waals surface area contributed by atoms with E-state index in [0.717, 1.165) is 12.8 Å². The number of halogens is 1. The van der Waals surface area contributed by atoms with Crippen LogP contribution in [0.4, 0.5) is 0 Å². The second-order valence-corrected chi connectivity index (χ2v) is 6.14. The van der Waals surface area contributed by atoms with Gasteiger partial charge in [0.1, 0.15) is 0 Å². The number of allylic oxidation sites excluding steroid dienone is 2. The molecule has 0 unspecified atom stereocenters. The van der Waals surface area contributed by atoms with Gasteiger partial charge in [0, 0.05) is 4.47 Å². The number of hydrogen-bond acceptors (Lipinski definition) is 0. The molecule has 0 aromatic heterocycles. The molecule has 0 saturated carbocycles. The first-order valence-electron chi connectivity index (χ1n) is 5.93. The summed E-state index contributed by atoms with van der Waals surface area (Å²) in [7, 11) is 0. The average Bonchev–Trinajstić information content (AvgIpc) is 2.22. The zero-order chi connectivity index (χ0) is 13.1. The van der Waals surface area contributed by atoms with E-state index in [9.17, 15) is 0 Å². The third-order valence-electron chi connectivity index (χ3n) is 2.82. The Balaban J connectivity index is 3.35. The summed E-state index contributed by atoms with van der Waals surface area (Å²) in [4.78, 5) is 0. The fraction of sp³-hybridized carbons (Fsp3) is 0.375. The molecule has 0 bridgehead atoms. The van der Waals surface area contributed by atoms with Gasteiger partial charge in [0.25, 0.3) is 0 Å². The first-order chi connectivity index (χ1) is 7.90. The lowest BCUT2D eigenvalue weighted by Gasteiger charge is -2.22. The van der Waals surface area contributed by atoms with E-state index in [0.29, 0.717) is 0 Å². The van der Waals surface area contributed by atoms with Crippen LogP contribution >= 0.6 is 15.9 Å². The molecule has 0 atom stereocenters. The van der Waals surface area contributed by atoms with Crippen molar-refractivity contribution in [3.63, 3.8) is 0 Å². The van der Waals surface area contributed by atoms with Crippen molar-refractivity contribution in [3.05, 3.63) is 58.6 Å². The highest BCUT2D eigenvalue weighted by atomic mass is 79.9. The number of rotatable bonds is 4.